The number of nitrogens with zero attached hydrogens (tertiary/aromatic N) is 6. The fourth-order valence-electron chi connectivity index (χ4n) is 11.2. The first-order valence-electron chi connectivity index (χ1n) is 25.1. The van der Waals surface area contributed by atoms with E-state index in [0.717, 1.165) is 72.8 Å². The van der Waals surface area contributed by atoms with Crippen LogP contribution in [0.4, 0.5) is 71.1 Å². The Hall–Kier alpha value is -5.06. The Bertz CT molecular complexity index is 2450. The van der Waals surface area contributed by atoms with E-state index in [1.807, 2.05) is 0 Å². The molecular formula is C54H62Cl2F14N6O2. The second-order valence-corrected chi connectivity index (χ2v) is 20.4. The molecule has 4 amide bonds. The van der Waals surface area contributed by atoms with Crippen molar-refractivity contribution in [3.05, 3.63) is 140 Å². The molecule has 0 unspecified atom stereocenters. The number of rotatable bonds is 8. The van der Waals surface area contributed by atoms with Gasteiger partial charge in [0.1, 0.15) is 11.6 Å². The van der Waals surface area contributed by atoms with Gasteiger partial charge in [0.2, 0.25) is 0 Å². The zero-order valence-electron chi connectivity index (χ0n) is 43.2. The smallest absolute Gasteiger partial charge is 0.323 e. The molecule has 0 spiro atoms. The highest BCUT2D eigenvalue weighted by atomic mass is 35.5. The normalized spacial score (nSPS) is 20.6. The van der Waals surface area contributed by atoms with Crippen molar-refractivity contribution in [2.45, 2.75) is 127 Å². The first kappa shape index (κ1) is 63.8. The highest BCUT2D eigenvalue weighted by Gasteiger charge is 2.42. The van der Waals surface area contributed by atoms with Crippen molar-refractivity contribution < 1.29 is 71.1 Å². The van der Waals surface area contributed by atoms with Gasteiger partial charge in [0.15, 0.2) is 0 Å². The van der Waals surface area contributed by atoms with Crippen LogP contribution < -0.4 is 0 Å². The van der Waals surface area contributed by atoms with E-state index >= 15 is 0 Å². The topological polar surface area (TPSA) is 53.6 Å². The van der Waals surface area contributed by atoms with Crippen LogP contribution in [0.3, 0.4) is 0 Å². The van der Waals surface area contributed by atoms with Gasteiger partial charge in [0.25, 0.3) is 0 Å². The van der Waals surface area contributed by atoms with Crippen LogP contribution in [0.5, 0.6) is 0 Å². The Morgan fingerprint density at radius 2 is 0.769 bits per heavy atom. The minimum absolute atomic E-state index is 0. The third kappa shape index (κ3) is 15.6. The second-order valence-electron chi connectivity index (χ2n) is 20.4. The lowest BCUT2D eigenvalue weighted by Gasteiger charge is -2.44. The number of hydrogen-bond donors (Lipinski definition) is 0. The summed E-state index contributed by atoms with van der Waals surface area (Å²) in [6, 6.07) is 10.0. The van der Waals surface area contributed by atoms with Crippen LogP contribution in [0.15, 0.2) is 72.8 Å². The fraction of sp³-hybridized carbons (Fsp3) is 0.519. The lowest BCUT2D eigenvalue weighted by molar-refractivity contribution is -0.144. The Balaban J connectivity index is 0.000000280. The molecule has 24 heteroatoms. The number of amides is 4. The van der Waals surface area contributed by atoms with Crippen LogP contribution in [0, 0.1) is 25.5 Å². The maximum atomic E-state index is 13.8. The molecule has 0 saturated carbocycles. The summed E-state index contributed by atoms with van der Waals surface area (Å²) in [4.78, 5) is 37.4. The lowest BCUT2D eigenvalue weighted by atomic mass is 9.89. The minimum atomic E-state index is -4.97. The van der Waals surface area contributed by atoms with Gasteiger partial charge in [-0.25, -0.2) is 18.4 Å². The third-order valence-electron chi connectivity index (χ3n) is 14.9. The van der Waals surface area contributed by atoms with Gasteiger partial charge in [-0.3, -0.25) is 0 Å². The maximum absolute atomic E-state index is 13.8. The average molecular weight is 1160 g/mol. The number of aryl methyl sites for hydroxylation is 2. The predicted molar refractivity (Wildman–Crippen MR) is 270 cm³/mol. The van der Waals surface area contributed by atoms with Crippen LogP contribution in [0.2, 0.25) is 0 Å². The molecule has 0 aliphatic carbocycles. The molecule has 8 rings (SSSR count). The summed E-state index contributed by atoms with van der Waals surface area (Å²) in [5.74, 6) is -0.809. The molecule has 4 aromatic carbocycles. The summed E-state index contributed by atoms with van der Waals surface area (Å²) in [5.41, 5.74) is -3.34. The number of hydrogen-bond acceptors (Lipinski definition) is 4. The van der Waals surface area contributed by atoms with Gasteiger partial charge in [-0.15, -0.1) is 24.8 Å². The van der Waals surface area contributed by atoms with E-state index in [1.165, 1.54) is 38.4 Å². The highest BCUT2D eigenvalue weighted by molar-refractivity contribution is 5.85. The number of halogens is 16. The Morgan fingerprint density at radius 3 is 1.04 bits per heavy atom. The molecule has 4 atom stereocenters. The van der Waals surface area contributed by atoms with Gasteiger partial charge in [-0.1, -0.05) is 12.1 Å². The standard InChI is InChI=1S/2C27H30F7N3O.2ClH/c2*1-17-11-21(28)5-6-23(17)24-15-22(36-8-3-4-9-36)7-10-37(24)25(38)35(2)16-18-12-19(26(29,30)31)14-20(13-18)27(32,33)34;;/h2*5-6,11-14,22,24H,3-4,7-10,15-16H2,1-2H3;2*1H/t2*22-,24+;;/m10../s1. The molecule has 4 aliphatic rings. The van der Waals surface area contributed by atoms with Crippen molar-refractivity contribution in [3.8, 4) is 0 Å². The van der Waals surface area contributed by atoms with Crippen LogP contribution in [0.1, 0.15) is 119 Å². The number of carbonyl (C=O) groups is 2. The highest BCUT2D eigenvalue weighted by Crippen LogP contribution is 2.42. The minimum Gasteiger partial charge on any atom is -0.323 e. The van der Waals surface area contributed by atoms with Crippen LogP contribution in [-0.2, 0) is 37.8 Å². The number of benzene rings is 4. The third-order valence-corrected chi connectivity index (χ3v) is 14.9. The average Bonchev–Trinajstić information content (AvgIpc) is 4.09. The predicted octanol–water partition coefficient (Wildman–Crippen LogP) is 14.9. The molecule has 4 fully saturated rings. The summed E-state index contributed by atoms with van der Waals surface area (Å²) < 4.78 is 187. The van der Waals surface area contributed by atoms with E-state index in [2.05, 4.69) is 9.80 Å². The van der Waals surface area contributed by atoms with Crippen LogP contribution >= 0.6 is 24.8 Å². The van der Waals surface area contributed by atoms with Crippen molar-refractivity contribution in [1.29, 1.82) is 0 Å². The lowest BCUT2D eigenvalue weighted by Crippen LogP contribution is -2.51. The van der Waals surface area contributed by atoms with Gasteiger partial charge >= 0.3 is 36.8 Å². The molecule has 0 bridgehead atoms. The molecule has 0 aromatic heterocycles. The van der Waals surface area contributed by atoms with E-state index in [4.69, 9.17) is 0 Å². The number of likely N-dealkylation sites (tertiary alicyclic amines) is 4. The number of urea groups is 2. The largest absolute Gasteiger partial charge is 0.416 e. The quantitative estimate of drug-likeness (QED) is 0.165. The Kier molecular flexibility index (Phi) is 20.9. The van der Waals surface area contributed by atoms with E-state index < -0.39 is 95.8 Å². The second kappa shape index (κ2) is 25.6. The van der Waals surface area contributed by atoms with Gasteiger partial charge in [-0.2, -0.15) is 52.7 Å². The monoisotopic (exact) mass is 1160 g/mol. The maximum Gasteiger partial charge on any atom is 0.416 e. The molecular weight excluding hydrogens is 1100 g/mol. The summed E-state index contributed by atoms with van der Waals surface area (Å²) in [6.45, 7) is 7.21. The van der Waals surface area contributed by atoms with Crippen LogP contribution in [0.25, 0.3) is 0 Å². The zero-order chi connectivity index (χ0) is 55.7. The number of piperidine rings is 2. The van der Waals surface area contributed by atoms with Crippen molar-refractivity contribution in [2.75, 3.05) is 53.4 Å². The first-order chi connectivity index (χ1) is 35.5. The van der Waals surface area contributed by atoms with Gasteiger partial charge < -0.3 is 29.4 Å². The van der Waals surface area contributed by atoms with Crippen molar-refractivity contribution >= 4 is 36.9 Å². The summed E-state index contributed by atoms with van der Waals surface area (Å²) in [7, 11) is 2.72. The van der Waals surface area contributed by atoms with E-state index in [9.17, 15) is 71.1 Å². The molecule has 0 N–H and O–H groups in total. The number of carbonyl (C=O) groups excluding carboxylic acids is 2. The Morgan fingerprint density at radius 1 is 0.474 bits per heavy atom. The van der Waals surface area contributed by atoms with Gasteiger partial charge in [0, 0.05) is 52.4 Å². The summed E-state index contributed by atoms with van der Waals surface area (Å²) in [6.07, 6.45) is -12.9. The molecule has 4 heterocycles. The summed E-state index contributed by atoms with van der Waals surface area (Å²) >= 11 is 0. The Labute approximate surface area is 456 Å². The van der Waals surface area contributed by atoms with Crippen molar-refractivity contribution in [3.63, 3.8) is 0 Å². The van der Waals surface area contributed by atoms with E-state index in [-0.39, 0.29) is 60.2 Å². The molecule has 432 valence electrons. The zero-order valence-corrected chi connectivity index (χ0v) is 44.8. The van der Waals surface area contributed by atoms with E-state index in [0.29, 0.717) is 74.2 Å². The molecule has 4 saturated heterocycles. The summed E-state index contributed by atoms with van der Waals surface area (Å²) in [5, 5.41) is 0. The van der Waals surface area contributed by atoms with Crippen molar-refractivity contribution in [1.82, 2.24) is 29.4 Å². The van der Waals surface area contributed by atoms with Crippen LogP contribution in [-0.4, -0.2) is 107 Å². The number of alkyl halides is 12. The van der Waals surface area contributed by atoms with Crippen molar-refractivity contribution in [2.24, 2.45) is 0 Å². The first-order valence-corrected chi connectivity index (χ1v) is 25.1. The molecule has 78 heavy (non-hydrogen) atoms. The molecule has 8 nitrogen and oxygen atoms in total. The fourth-order valence-corrected chi connectivity index (χ4v) is 11.2. The van der Waals surface area contributed by atoms with E-state index in [1.54, 1.807) is 35.8 Å². The van der Waals surface area contributed by atoms with Gasteiger partial charge in [-0.05, 0) is 185 Å². The van der Waals surface area contributed by atoms with Gasteiger partial charge in [0.05, 0.1) is 34.3 Å². The molecule has 0 radical (unpaired) electrons. The SMILES string of the molecule is Cc1cc(F)ccc1[C@@H]1C[C@H](N2CCCC2)CCN1C(=O)N(C)Cc1cc(C(F)(F)F)cc(C(F)(F)F)c1.Cc1cc(F)ccc1[C@H]1C[C@@H](N2CCCC2)CCN1C(=O)N(C)Cc1cc(C(F)(F)F)cc(C(F)(F)F)c1.Cl.Cl. The molecule has 4 aliphatic heterocycles. The molecule has 4 aromatic rings.